The van der Waals surface area contributed by atoms with Crippen LogP contribution in [0.15, 0.2) is 36.9 Å². The zero-order valence-electron chi connectivity index (χ0n) is 13.3. The van der Waals surface area contributed by atoms with Gasteiger partial charge in [0.25, 0.3) is 5.91 Å². The number of rotatable bonds is 2. The molecule has 8 nitrogen and oxygen atoms in total. The number of hydrogen-bond donors (Lipinski definition) is 0. The fourth-order valence-electron chi connectivity index (χ4n) is 2.81. The monoisotopic (exact) mass is 321 g/mol. The van der Waals surface area contributed by atoms with Crippen LogP contribution in [0.2, 0.25) is 0 Å². The molecule has 4 rings (SSSR count). The second-order valence-corrected chi connectivity index (χ2v) is 5.65. The predicted molar refractivity (Wildman–Crippen MR) is 84.6 cm³/mol. The highest BCUT2D eigenvalue weighted by Gasteiger charge is 2.33. The number of nitrogens with zero attached hydrogens (tertiary/aromatic N) is 7. The van der Waals surface area contributed by atoms with E-state index >= 15 is 0 Å². The summed E-state index contributed by atoms with van der Waals surface area (Å²) in [5, 5.41) is 4.19. The first-order chi connectivity index (χ1) is 11.6. The number of hydrogen-bond acceptors (Lipinski definition) is 6. The van der Waals surface area contributed by atoms with Crippen molar-refractivity contribution in [2.75, 3.05) is 0 Å². The van der Waals surface area contributed by atoms with Gasteiger partial charge in [-0.2, -0.15) is 5.10 Å². The van der Waals surface area contributed by atoms with Gasteiger partial charge in [0, 0.05) is 37.4 Å². The van der Waals surface area contributed by atoms with Gasteiger partial charge in [0.1, 0.15) is 5.69 Å². The minimum Gasteiger partial charge on any atom is -0.324 e. The molecule has 0 saturated heterocycles. The van der Waals surface area contributed by atoms with E-state index in [1.54, 1.807) is 53.5 Å². The summed E-state index contributed by atoms with van der Waals surface area (Å²) in [6.07, 6.45) is 6.81. The zero-order valence-corrected chi connectivity index (χ0v) is 13.3. The maximum Gasteiger partial charge on any atom is 0.275 e. The fourth-order valence-corrected chi connectivity index (χ4v) is 2.81. The Kier molecular flexibility index (Phi) is 3.30. The summed E-state index contributed by atoms with van der Waals surface area (Å²) < 4.78 is 1.62. The van der Waals surface area contributed by atoms with Gasteiger partial charge in [-0.1, -0.05) is 0 Å². The molecule has 0 spiro atoms. The lowest BCUT2D eigenvalue weighted by atomic mass is 10.1. The summed E-state index contributed by atoms with van der Waals surface area (Å²) in [4.78, 5) is 31.7. The maximum absolute atomic E-state index is 12.7. The minimum absolute atomic E-state index is 0.0970. The topological polar surface area (TPSA) is 89.7 Å². The van der Waals surface area contributed by atoms with Crippen LogP contribution >= 0.6 is 0 Å². The second kappa shape index (κ2) is 5.48. The van der Waals surface area contributed by atoms with Gasteiger partial charge < -0.3 is 4.90 Å². The highest BCUT2D eigenvalue weighted by Crippen LogP contribution is 2.33. The molecule has 4 heterocycles. The third-order valence-corrected chi connectivity index (χ3v) is 4.10. The van der Waals surface area contributed by atoms with Crippen molar-refractivity contribution < 1.29 is 4.79 Å². The Morgan fingerprint density at radius 1 is 1.21 bits per heavy atom. The van der Waals surface area contributed by atoms with Gasteiger partial charge in [-0.3, -0.25) is 9.48 Å². The number of carbonyl (C=O) groups is 1. The molecule has 0 aromatic carbocycles. The van der Waals surface area contributed by atoms with Crippen molar-refractivity contribution >= 4 is 5.91 Å². The van der Waals surface area contributed by atoms with Crippen LogP contribution in [0, 0.1) is 0 Å². The van der Waals surface area contributed by atoms with Crippen molar-refractivity contribution in [1.29, 1.82) is 0 Å². The van der Waals surface area contributed by atoms with E-state index in [1.165, 1.54) is 0 Å². The van der Waals surface area contributed by atoms with E-state index in [0.717, 1.165) is 11.3 Å². The van der Waals surface area contributed by atoms with E-state index < -0.39 is 0 Å². The SMILES string of the molecule is CC1c2cnc(-c3ncccn3)nc2CN1C(=O)c1ccn(C)n1. The Labute approximate surface area is 138 Å². The smallest absolute Gasteiger partial charge is 0.275 e. The van der Waals surface area contributed by atoms with Crippen molar-refractivity contribution in [1.82, 2.24) is 34.6 Å². The van der Waals surface area contributed by atoms with Crippen molar-refractivity contribution in [2.24, 2.45) is 7.05 Å². The average molecular weight is 321 g/mol. The molecule has 1 amide bonds. The molecule has 120 valence electrons. The molecule has 0 saturated carbocycles. The first-order valence-corrected chi connectivity index (χ1v) is 7.57. The van der Waals surface area contributed by atoms with E-state index in [2.05, 4.69) is 25.0 Å². The Morgan fingerprint density at radius 3 is 2.71 bits per heavy atom. The Balaban J connectivity index is 1.65. The molecule has 0 aliphatic carbocycles. The molecular weight excluding hydrogens is 306 g/mol. The molecule has 3 aromatic heterocycles. The van der Waals surface area contributed by atoms with E-state index in [9.17, 15) is 4.79 Å². The van der Waals surface area contributed by atoms with Crippen LogP contribution < -0.4 is 0 Å². The second-order valence-electron chi connectivity index (χ2n) is 5.65. The summed E-state index contributed by atoms with van der Waals surface area (Å²) in [6.45, 7) is 2.39. The third kappa shape index (κ3) is 2.32. The first-order valence-electron chi connectivity index (χ1n) is 7.57. The lowest BCUT2D eigenvalue weighted by Gasteiger charge is -2.20. The Bertz CT molecular complexity index is 906. The van der Waals surface area contributed by atoms with E-state index in [4.69, 9.17) is 0 Å². The summed E-state index contributed by atoms with van der Waals surface area (Å²) in [7, 11) is 1.79. The largest absolute Gasteiger partial charge is 0.324 e. The van der Waals surface area contributed by atoms with E-state index in [1.807, 2.05) is 6.92 Å². The van der Waals surface area contributed by atoms with Crippen LogP contribution in [0.3, 0.4) is 0 Å². The molecule has 1 aliphatic rings. The molecule has 0 radical (unpaired) electrons. The summed E-state index contributed by atoms with van der Waals surface area (Å²) in [5.74, 6) is 0.828. The van der Waals surface area contributed by atoms with Crippen LogP contribution in [-0.2, 0) is 13.6 Å². The average Bonchev–Trinajstić information content (AvgIpc) is 3.19. The van der Waals surface area contributed by atoms with Crippen LogP contribution in [0.1, 0.15) is 34.7 Å². The summed E-state index contributed by atoms with van der Waals surface area (Å²) in [6, 6.07) is 3.36. The molecule has 1 atom stereocenters. The normalized spacial score (nSPS) is 16.2. The Morgan fingerprint density at radius 2 is 2.00 bits per heavy atom. The lowest BCUT2D eigenvalue weighted by Crippen LogP contribution is -2.28. The van der Waals surface area contributed by atoms with Crippen molar-refractivity contribution in [2.45, 2.75) is 19.5 Å². The number of amides is 1. The number of aryl methyl sites for hydroxylation is 1. The summed E-state index contributed by atoms with van der Waals surface area (Å²) >= 11 is 0. The van der Waals surface area contributed by atoms with Crippen molar-refractivity contribution in [3.63, 3.8) is 0 Å². The van der Waals surface area contributed by atoms with Crippen molar-refractivity contribution in [3.05, 3.63) is 53.9 Å². The number of fused-ring (bicyclic) bond motifs is 1. The van der Waals surface area contributed by atoms with Gasteiger partial charge in [-0.05, 0) is 19.1 Å². The number of aromatic nitrogens is 6. The fraction of sp³-hybridized carbons (Fsp3) is 0.250. The maximum atomic E-state index is 12.7. The van der Waals surface area contributed by atoms with Crippen LogP contribution in [0.4, 0.5) is 0 Å². The molecular formula is C16H15N7O. The van der Waals surface area contributed by atoms with E-state index in [-0.39, 0.29) is 11.9 Å². The van der Waals surface area contributed by atoms with E-state index in [0.29, 0.717) is 23.9 Å². The van der Waals surface area contributed by atoms with Gasteiger partial charge in [-0.25, -0.2) is 19.9 Å². The van der Waals surface area contributed by atoms with Gasteiger partial charge in [-0.15, -0.1) is 0 Å². The number of carbonyl (C=O) groups excluding carboxylic acids is 1. The third-order valence-electron chi connectivity index (χ3n) is 4.10. The highest BCUT2D eigenvalue weighted by atomic mass is 16.2. The lowest BCUT2D eigenvalue weighted by molar-refractivity contribution is 0.0697. The molecule has 3 aromatic rings. The van der Waals surface area contributed by atoms with Gasteiger partial charge >= 0.3 is 0 Å². The zero-order chi connectivity index (χ0) is 16.7. The molecule has 8 heteroatoms. The van der Waals surface area contributed by atoms with Crippen LogP contribution in [-0.4, -0.2) is 40.5 Å². The van der Waals surface area contributed by atoms with Gasteiger partial charge in [0.05, 0.1) is 18.3 Å². The first kappa shape index (κ1) is 14.4. The Hall–Kier alpha value is -3.16. The van der Waals surface area contributed by atoms with Crippen molar-refractivity contribution in [3.8, 4) is 11.6 Å². The molecule has 0 fully saturated rings. The molecule has 0 N–H and O–H groups in total. The standard InChI is InChI=1S/C16H15N7O/c1-10-11-8-19-15(14-17-5-3-6-18-14)20-13(11)9-23(10)16(24)12-4-7-22(2)21-12/h3-8,10H,9H2,1-2H3. The molecule has 24 heavy (non-hydrogen) atoms. The van der Waals surface area contributed by atoms with Gasteiger partial charge in [0.15, 0.2) is 11.6 Å². The van der Waals surface area contributed by atoms with Crippen LogP contribution in [0.5, 0.6) is 0 Å². The predicted octanol–water partition coefficient (Wildman–Crippen LogP) is 1.38. The quantitative estimate of drug-likeness (QED) is 0.708. The van der Waals surface area contributed by atoms with Gasteiger partial charge in [0.2, 0.25) is 0 Å². The highest BCUT2D eigenvalue weighted by molar-refractivity contribution is 5.92. The molecule has 1 aliphatic heterocycles. The molecule has 0 bridgehead atoms. The summed E-state index contributed by atoms with van der Waals surface area (Å²) in [5.41, 5.74) is 2.19. The minimum atomic E-state index is -0.112. The molecule has 1 unspecified atom stereocenters. The van der Waals surface area contributed by atoms with Crippen LogP contribution in [0.25, 0.3) is 11.6 Å².